The zero-order valence-corrected chi connectivity index (χ0v) is 42.9. The molecule has 0 spiro atoms. The molecule has 1 saturated carbocycles. The van der Waals surface area contributed by atoms with Gasteiger partial charge in [0.1, 0.15) is 23.0 Å². The van der Waals surface area contributed by atoms with Gasteiger partial charge in [0.25, 0.3) is 0 Å². The Morgan fingerprint density at radius 3 is 1.47 bits per heavy atom. The van der Waals surface area contributed by atoms with Crippen LogP contribution in [-0.2, 0) is 20.4 Å². The molecule has 0 heterocycles. The molecule has 0 unspecified atom stereocenters. The molecule has 2 aliphatic carbocycles. The maximum atomic E-state index is 11.5. The van der Waals surface area contributed by atoms with Crippen molar-refractivity contribution in [1.29, 1.82) is 0 Å². The number of carbonyl (C=O) groups excluding carboxylic acids is 2. The van der Waals surface area contributed by atoms with Gasteiger partial charge in [0.05, 0.1) is 14.2 Å². The Bertz CT molecular complexity index is 3220. The highest BCUT2D eigenvalue weighted by atomic mass is 16.5. The van der Waals surface area contributed by atoms with Gasteiger partial charge in [-0.05, 0) is 166 Å². The third-order valence-corrected chi connectivity index (χ3v) is 14.4. The summed E-state index contributed by atoms with van der Waals surface area (Å²) in [5.41, 5.74) is 16.6. The van der Waals surface area contributed by atoms with Crippen molar-refractivity contribution in [3.63, 3.8) is 0 Å². The van der Waals surface area contributed by atoms with Gasteiger partial charge in [-0.3, -0.25) is 9.59 Å². The average Bonchev–Trinajstić information content (AvgIpc) is 3.64. The molecular formula is C66H63NO6. The van der Waals surface area contributed by atoms with Crippen LogP contribution in [0.25, 0.3) is 22.8 Å². The quantitative estimate of drug-likeness (QED) is 0.0686. The lowest BCUT2D eigenvalue weighted by atomic mass is 9.65. The van der Waals surface area contributed by atoms with Gasteiger partial charge in [-0.1, -0.05) is 142 Å². The van der Waals surface area contributed by atoms with E-state index in [2.05, 4.69) is 159 Å². The van der Waals surface area contributed by atoms with Gasteiger partial charge in [-0.15, -0.1) is 0 Å². The van der Waals surface area contributed by atoms with Gasteiger partial charge >= 0.3 is 11.9 Å². The second-order valence-electron chi connectivity index (χ2n) is 19.6. The number of fused-ring (bicyclic) bond motifs is 3. The molecule has 0 aromatic heterocycles. The third-order valence-electron chi connectivity index (χ3n) is 14.4. The highest BCUT2D eigenvalue weighted by molar-refractivity contribution is 5.92. The Morgan fingerprint density at radius 1 is 0.493 bits per heavy atom. The summed E-state index contributed by atoms with van der Waals surface area (Å²) in [5.74, 6) is 2.18. The molecule has 7 nitrogen and oxygen atoms in total. The molecule has 2 aliphatic rings. The van der Waals surface area contributed by atoms with Crippen LogP contribution in [0, 0.1) is 6.92 Å². The Labute approximate surface area is 430 Å². The first kappa shape index (κ1) is 49.8. The van der Waals surface area contributed by atoms with Crippen molar-refractivity contribution in [2.45, 2.75) is 77.6 Å². The largest absolute Gasteiger partial charge is 0.497 e. The molecule has 0 aliphatic heterocycles. The normalized spacial score (nSPS) is 14.1. The van der Waals surface area contributed by atoms with Crippen LogP contribution in [0.4, 0.5) is 17.1 Å². The third kappa shape index (κ3) is 10.9. The minimum atomic E-state index is -0.341. The minimum absolute atomic E-state index is 0.0409. The molecule has 0 bridgehead atoms. The van der Waals surface area contributed by atoms with Crippen molar-refractivity contribution in [3.8, 4) is 34.1 Å². The van der Waals surface area contributed by atoms with E-state index in [4.69, 9.17) is 18.9 Å². The number of benzene rings is 8. The second kappa shape index (κ2) is 21.7. The average molecular weight is 966 g/mol. The monoisotopic (exact) mass is 965 g/mol. The number of aryl methyl sites for hydroxylation is 1. The topological polar surface area (TPSA) is 74.3 Å². The molecule has 0 saturated heterocycles. The van der Waals surface area contributed by atoms with E-state index < -0.39 is 0 Å². The summed E-state index contributed by atoms with van der Waals surface area (Å²) in [6, 6.07) is 65.2. The molecule has 8 aromatic carbocycles. The number of carbonyl (C=O) groups is 2. The first-order valence-electron chi connectivity index (χ1n) is 25.1. The SMILES string of the molecule is COc1ccc(/C(=C\c2ccc(N(c3ccc(C)cc3)c3ccc4c(c3)C(C)(C)c3ccccc3-4)cc2)c2ccc(OC(C)=O)cc2)cc1.COc1ccc(C2(c3ccc(OC(C)=O)cc3)CCCCC2)cc1. The molecule has 1 fully saturated rings. The Balaban J connectivity index is 0.000000229. The molecule has 73 heavy (non-hydrogen) atoms. The Hall–Kier alpha value is -8.16. The first-order valence-corrected chi connectivity index (χ1v) is 25.1. The number of anilines is 3. The van der Waals surface area contributed by atoms with Crippen LogP contribution < -0.4 is 23.8 Å². The van der Waals surface area contributed by atoms with Gasteiger partial charge in [-0.25, -0.2) is 0 Å². The fourth-order valence-corrected chi connectivity index (χ4v) is 10.6. The summed E-state index contributed by atoms with van der Waals surface area (Å²) >= 11 is 0. The number of methoxy groups -OCH3 is 2. The predicted molar refractivity (Wildman–Crippen MR) is 296 cm³/mol. The zero-order chi connectivity index (χ0) is 51.1. The van der Waals surface area contributed by atoms with Gasteiger partial charge in [-0.2, -0.15) is 0 Å². The van der Waals surface area contributed by atoms with Crippen molar-refractivity contribution < 1.29 is 28.5 Å². The van der Waals surface area contributed by atoms with Crippen LogP contribution in [0.1, 0.15) is 104 Å². The molecular weight excluding hydrogens is 903 g/mol. The van der Waals surface area contributed by atoms with Gasteiger partial charge < -0.3 is 23.8 Å². The number of rotatable bonds is 12. The number of ether oxygens (including phenoxy) is 4. The van der Waals surface area contributed by atoms with E-state index in [1.54, 1.807) is 14.2 Å². The summed E-state index contributed by atoms with van der Waals surface area (Å²) in [6.07, 6.45) is 8.25. The maximum Gasteiger partial charge on any atom is 0.308 e. The summed E-state index contributed by atoms with van der Waals surface area (Å²) in [6.45, 7) is 9.60. The summed E-state index contributed by atoms with van der Waals surface area (Å²) in [5, 5.41) is 0. The molecule has 7 heteroatoms. The van der Waals surface area contributed by atoms with Crippen LogP contribution in [0.15, 0.2) is 188 Å². The van der Waals surface area contributed by atoms with E-state index in [-0.39, 0.29) is 22.8 Å². The van der Waals surface area contributed by atoms with Crippen LogP contribution in [0.5, 0.6) is 23.0 Å². The van der Waals surface area contributed by atoms with Crippen LogP contribution >= 0.6 is 0 Å². The second-order valence-corrected chi connectivity index (χ2v) is 19.6. The van der Waals surface area contributed by atoms with E-state index >= 15 is 0 Å². The number of nitrogens with zero attached hydrogens (tertiary/aromatic N) is 1. The molecule has 0 radical (unpaired) electrons. The molecule has 368 valence electrons. The van der Waals surface area contributed by atoms with Crippen molar-refractivity contribution in [3.05, 3.63) is 233 Å². The van der Waals surface area contributed by atoms with Crippen LogP contribution in [-0.4, -0.2) is 26.2 Å². The van der Waals surface area contributed by atoms with E-state index in [1.807, 2.05) is 60.7 Å². The Morgan fingerprint density at radius 2 is 0.945 bits per heavy atom. The highest BCUT2D eigenvalue weighted by Crippen LogP contribution is 2.51. The van der Waals surface area contributed by atoms with Crippen molar-refractivity contribution in [2.24, 2.45) is 0 Å². The summed E-state index contributed by atoms with van der Waals surface area (Å²) in [7, 11) is 3.36. The number of hydrogen-bond donors (Lipinski definition) is 0. The fraction of sp³-hybridized carbons (Fsp3) is 0.212. The molecule has 10 rings (SSSR count). The summed E-state index contributed by atoms with van der Waals surface area (Å²) < 4.78 is 21.2. The van der Waals surface area contributed by atoms with Crippen molar-refractivity contribution in [2.75, 3.05) is 19.1 Å². The van der Waals surface area contributed by atoms with E-state index in [1.165, 1.54) is 72.1 Å². The lowest BCUT2D eigenvalue weighted by Crippen LogP contribution is -2.30. The number of hydrogen-bond acceptors (Lipinski definition) is 7. The molecule has 0 N–H and O–H groups in total. The smallest absolute Gasteiger partial charge is 0.308 e. The fourth-order valence-electron chi connectivity index (χ4n) is 10.6. The Kier molecular flexibility index (Phi) is 14.8. The van der Waals surface area contributed by atoms with Crippen LogP contribution in [0.2, 0.25) is 0 Å². The van der Waals surface area contributed by atoms with Crippen molar-refractivity contribution >= 4 is 40.6 Å². The maximum absolute atomic E-state index is 11.5. The van der Waals surface area contributed by atoms with E-state index in [0.29, 0.717) is 11.5 Å². The lowest BCUT2D eigenvalue weighted by molar-refractivity contribution is -0.132. The van der Waals surface area contributed by atoms with Gasteiger partial charge in [0, 0.05) is 41.7 Å². The first-order chi connectivity index (χ1) is 35.3. The summed E-state index contributed by atoms with van der Waals surface area (Å²) in [4.78, 5) is 25.0. The standard InChI is InChI=1S/C45H39NO3.C21H24O3/c1-30-10-18-35(19-11-30)46(37-22-27-41-40-8-6-7-9-43(40)45(3,4)44(41)29-37)36-20-12-32(13-21-36)28-42(33-14-23-38(48-5)24-15-33)34-16-25-39(26-17-34)49-31(2)47;1-16(22)24-20-12-8-18(9-13-20)21(14-4-3-5-15-21)17-6-10-19(23-2)11-7-17/h6-29H,1-5H3;6-13H,3-5,14-15H2,1-2H3/b42-28+;. The van der Waals surface area contributed by atoms with E-state index in [9.17, 15) is 9.59 Å². The molecule has 0 atom stereocenters. The van der Waals surface area contributed by atoms with E-state index in [0.717, 1.165) is 63.7 Å². The molecule has 0 amide bonds. The zero-order valence-electron chi connectivity index (χ0n) is 42.9. The highest BCUT2D eigenvalue weighted by Gasteiger charge is 2.37. The van der Waals surface area contributed by atoms with Gasteiger partial charge in [0.15, 0.2) is 0 Å². The lowest BCUT2D eigenvalue weighted by Gasteiger charge is -2.38. The minimum Gasteiger partial charge on any atom is -0.497 e. The van der Waals surface area contributed by atoms with Crippen LogP contribution in [0.3, 0.4) is 0 Å². The van der Waals surface area contributed by atoms with Gasteiger partial charge in [0.2, 0.25) is 0 Å². The predicted octanol–water partition coefficient (Wildman–Crippen LogP) is 16.2. The van der Waals surface area contributed by atoms with Crippen molar-refractivity contribution in [1.82, 2.24) is 0 Å². The molecule has 8 aromatic rings. The number of esters is 2.